The number of nitrogens with zero attached hydrogens (tertiary/aromatic N) is 2. The van der Waals surface area contributed by atoms with Gasteiger partial charge in [0, 0.05) is 34.9 Å². The Kier molecular flexibility index (Phi) is 6.70. The zero-order valence-corrected chi connectivity index (χ0v) is 20.0. The second kappa shape index (κ2) is 9.69. The number of anilines is 2. The van der Waals surface area contributed by atoms with Crippen LogP contribution in [0.4, 0.5) is 11.4 Å². The molecule has 2 atom stereocenters. The molecule has 0 spiro atoms. The van der Waals surface area contributed by atoms with Crippen molar-refractivity contribution in [3.8, 4) is 0 Å². The Morgan fingerprint density at radius 3 is 2.18 bits per heavy atom. The summed E-state index contributed by atoms with van der Waals surface area (Å²) in [4.78, 5) is 41.6. The molecule has 0 aliphatic carbocycles. The number of benzene rings is 3. The van der Waals surface area contributed by atoms with E-state index >= 15 is 0 Å². The predicted molar refractivity (Wildman–Crippen MR) is 132 cm³/mol. The molecule has 0 unspecified atom stereocenters. The smallest absolute Gasteiger partial charge is 0.337 e. The van der Waals surface area contributed by atoms with Crippen LogP contribution in [0.1, 0.15) is 52.6 Å². The van der Waals surface area contributed by atoms with Crippen LogP contribution in [0.2, 0.25) is 5.02 Å². The van der Waals surface area contributed by atoms with Crippen molar-refractivity contribution < 1.29 is 19.1 Å². The number of para-hydroxylation sites is 1. The highest BCUT2D eigenvalue weighted by atomic mass is 35.5. The van der Waals surface area contributed by atoms with Crippen molar-refractivity contribution in [1.82, 2.24) is 0 Å². The van der Waals surface area contributed by atoms with Crippen LogP contribution in [0.25, 0.3) is 0 Å². The Morgan fingerprint density at radius 2 is 1.56 bits per heavy atom. The summed E-state index contributed by atoms with van der Waals surface area (Å²) in [6, 6.07) is 20.9. The molecule has 3 aromatic rings. The molecule has 6 nitrogen and oxygen atoms in total. The minimum Gasteiger partial charge on any atom is -0.465 e. The van der Waals surface area contributed by atoms with E-state index in [1.54, 1.807) is 53.1 Å². The highest BCUT2D eigenvalue weighted by Crippen LogP contribution is 2.42. The average molecular weight is 477 g/mol. The van der Waals surface area contributed by atoms with E-state index < -0.39 is 5.97 Å². The number of amides is 2. The number of fused-ring (bicyclic) bond motifs is 1. The fourth-order valence-corrected chi connectivity index (χ4v) is 4.65. The molecule has 174 valence electrons. The summed E-state index contributed by atoms with van der Waals surface area (Å²) in [5.74, 6) is -0.715. The summed E-state index contributed by atoms with van der Waals surface area (Å²) in [5, 5.41) is 0.597. The number of hydrogen-bond acceptors (Lipinski definition) is 4. The van der Waals surface area contributed by atoms with Crippen molar-refractivity contribution in [2.24, 2.45) is 0 Å². The number of rotatable bonds is 4. The number of esters is 1. The van der Waals surface area contributed by atoms with Crippen LogP contribution in [-0.4, -0.2) is 30.9 Å². The Hall–Kier alpha value is -3.64. The summed E-state index contributed by atoms with van der Waals surface area (Å²) in [7, 11) is 1.32. The van der Waals surface area contributed by atoms with Crippen LogP contribution in [0.3, 0.4) is 0 Å². The fourth-order valence-electron chi connectivity index (χ4n) is 4.52. The molecule has 0 bridgehead atoms. The zero-order chi connectivity index (χ0) is 24.4. The van der Waals surface area contributed by atoms with E-state index in [9.17, 15) is 14.4 Å². The van der Waals surface area contributed by atoms with Crippen LogP contribution < -0.4 is 9.80 Å². The minimum absolute atomic E-state index is 0.0903. The Bertz CT molecular complexity index is 1220. The molecule has 7 heteroatoms. The number of carbonyl (C=O) groups is 3. The van der Waals surface area contributed by atoms with Crippen LogP contribution in [0, 0.1) is 0 Å². The van der Waals surface area contributed by atoms with Gasteiger partial charge in [-0.25, -0.2) is 4.79 Å². The van der Waals surface area contributed by atoms with Crippen molar-refractivity contribution in [2.75, 3.05) is 16.9 Å². The van der Waals surface area contributed by atoms with Gasteiger partial charge in [-0.15, -0.1) is 0 Å². The summed E-state index contributed by atoms with van der Waals surface area (Å²) in [6.45, 7) is 3.52. The van der Waals surface area contributed by atoms with Gasteiger partial charge in [0.1, 0.15) is 0 Å². The lowest BCUT2D eigenvalue weighted by molar-refractivity contribution is -0.117. The van der Waals surface area contributed by atoms with E-state index in [1.807, 2.05) is 43.3 Å². The number of carbonyl (C=O) groups excluding carboxylic acids is 3. The first-order chi connectivity index (χ1) is 16.3. The maximum atomic E-state index is 13.6. The highest BCUT2D eigenvalue weighted by molar-refractivity contribution is 6.30. The molecule has 1 heterocycles. The first kappa shape index (κ1) is 23.5. The molecular weight excluding hydrogens is 452 g/mol. The molecule has 0 saturated carbocycles. The Balaban J connectivity index is 1.72. The van der Waals surface area contributed by atoms with Gasteiger partial charge in [0.05, 0.1) is 18.7 Å². The number of halogens is 1. The van der Waals surface area contributed by atoms with Crippen LogP contribution in [0.15, 0.2) is 72.8 Å². The maximum Gasteiger partial charge on any atom is 0.337 e. The van der Waals surface area contributed by atoms with Crippen LogP contribution in [0.5, 0.6) is 0 Å². The lowest BCUT2D eigenvalue weighted by atomic mass is 9.89. The zero-order valence-electron chi connectivity index (χ0n) is 19.2. The molecule has 0 aromatic heterocycles. The molecule has 0 saturated heterocycles. The number of ether oxygens (including phenoxy) is 1. The average Bonchev–Trinajstić information content (AvgIpc) is 2.84. The second-order valence-electron chi connectivity index (χ2n) is 8.27. The summed E-state index contributed by atoms with van der Waals surface area (Å²) >= 11 is 6.06. The molecule has 1 aliphatic rings. The monoisotopic (exact) mass is 476 g/mol. The summed E-state index contributed by atoms with van der Waals surface area (Å²) in [5.41, 5.74) is 3.25. The molecule has 1 aliphatic heterocycles. The molecule has 0 N–H and O–H groups in total. The molecule has 3 aromatic carbocycles. The third-order valence-electron chi connectivity index (χ3n) is 6.09. The largest absolute Gasteiger partial charge is 0.465 e. The van der Waals surface area contributed by atoms with Crippen LogP contribution in [-0.2, 0) is 9.53 Å². The van der Waals surface area contributed by atoms with Gasteiger partial charge in [-0.2, -0.15) is 0 Å². The Morgan fingerprint density at radius 1 is 0.941 bits per heavy atom. The van der Waals surface area contributed by atoms with Gasteiger partial charge in [0.2, 0.25) is 5.91 Å². The summed E-state index contributed by atoms with van der Waals surface area (Å²) in [6.07, 6.45) is 0.561. The minimum atomic E-state index is -0.454. The van der Waals surface area contributed by atoms with Gasteiger partial charge in [0.15, 0.2) is 0 Å². The molecule has 34 heavy (non-hydrogen) atoms. The lowest BCUT2D eigenvalue weighted by Gasteiger charge is -2.43. The third-order valence-corrected chi connectivity index (χ3v) is 6.34. The van der Waals surface area contributed by atoms with Crippen LogP contribution >= 0.6 is 11.6 Å². The molecular formula is C27H25ClN2O4. The van der Waals surface area contributed by atoms with Crippen molar-refractivity contribution in [2.45, 2.75) is 32.4 Å². The van der Waals surface area contributed by atoms with Crippen molar-refractivity contribution >= 4 is 40.8 Å². The summed E-state index contributed by atoms with van der Waals surface area (Å²) < 4.78 is 4.74. The third kappa shape index (κ3) is 4.41. The van der Waals surface area contributed by atoms with E-state index in [4.69, 9.17) is 16.3 Å². The fraction of sp³-hybridized carbons (Fsp3) is 0.222. The first-order valence-corrected chi connectivity index (χ1v) is 11.4. The first-order valence-electron chi connectivity index (χ1n) is 11.0. The van der Waals surface area contributed by atoms with Gasteiger partial charge >= 0.3 is 5.97 Å². The number of hydrogen-bond donors (Lipinski definition) is 0. The van der Waals surface area contributed by atoms with Crippen molar-refractivity contribution in [3.63, 3.8) is 0 Å². The standard InChI is InChI=1S/C27H25ClN2O4/c1-17-16-25(30(18(2)31)22-14-12-21(28)13-15-22)23-6-4-5-7-24(23)29(17)26(32)19-8-10-20(11-9-19)27(33)34-3/h4-15,17,25H,16H2,1-3H3/t17-,25+/m0/s1. The SMILES string of the molecule is COC(=O)c1ccc(C(=O)N2c3ccccc3[C@H](N(C(C)=O)c3ccc(Cl)cc3)C[C@@H]2C)cc1. The molecule has 4 rings (SSSR count). The van der Waals surface area contributed by atoms with Gasteiger partial charge in [-0.05, 0) is 73.5 Å². The molecule has 0 fully saturated rings. The topological polar surface area (TPSA) is 66.9 Å². The van der Waals surface area contributed by atoms with Gasteiger partial charge < -0.3 is 14.5 Å². The quantitative estimate of drug-likeness (QED) is 0.456. The predicted octanol–water partition coefficient (Wildman–Crippen LogP) is 5.66. The normalized spacial score (nSPS) is 17.0. The van der Waals surface area contributed by atoms with E-state index in [2.05, 4.69) is 0 Å². The molecule has 0 radical (unpaired) electrons. The second-order valence-corrected chi connectivity index (χ2v) is 8.71. The van der Waals surface area contributed by atoms with Gasteiger partial charge in [-0.1, -0.05) is 29.8 Å². The van der Waals surface area contributed by atoms with E-state index in [0.29, 0.717) is 22.6 Å². The van der Waals surface area contributed by atoms with E-state index in [1.165, 1.54) is 7.11 Å². The lowest BCUT2D eigenvalue weighted by Crippen LogP contribution is -2.47. The molecule has 2 amide bonds. The van der Waals surface area contributed by atoms with Gasteiger partial charge in [-0.3, -0.25) is 9.59 Å². The van der Waals surface area contributed by atoms with Gasteiger partial charge in [0.25, 0.3) is 5.91 Å². The van der Waals surface area contributed by atoms with Crippen molar-refractivity contribution in [3.05, 3.63) is 94.5 Å². The van der Waals surface area contributed by atoms with E-state index in [-0.39, 0.29) is 23.9 Å². The van der Waals surface area contributed by atoms with Crippen molar-refractivity contribution in [1.29, 1.82) is 0 Å². The Labute approximate surface area is 203 Å². The number of methoxy groups -OCH3 is 1. The maximum absolute atomic E-state index is 13.6. The van der Waals surface area contributed by atoms with E-state index in [0.717, 1.165) is 16.9 Å². The highest BCUT2D eigenvalue weighted by Gasteiger charge is 2.38.